The van der Waals surface area contributed by atoms with Gasteiger partial charge in [0, 0.05) is 36.7 Å². The van der Waals surface area contributed by atoms with Gasteiger partial charge < -0.3 is 0 Å². The van der Waals surface area contributed by atoms with Crippen LogP contribution in [-0.4, -0.2) is 4.98 Å². The van der Waals surface area contributed by atoms with Crippen molar-refractivity contribution in [3.05, 3.63) is 197 Å². The number of benzene rings is 7. The molecule has 0 saturated carbocycles. The molecule has 1 nitrogen and oxygen atoms in total. The molecule has 2 aromatic heterocycles. The lowest BCUT2D eigenvalue weighted by Gasteiger charge is -2.30. The Kier molecular flexibility index (Phi) is 5.72. The topological polar surface area (TPSA) is 12.9 Å². The summed E-state index contributed by atoms with van der Waals surface area (Å²) in [6, 6.07) is 61.4. The number of hydrogen-bond acceptors (Lipinski definition) is 2. The summed E-state index contributed by atoms with van der Waals surface area (Å²) < 4.78 is 2.67. The highest BCUT2D eigenvalue weighted by molar-refractivity contribution is 7.25. The molecule has 3 aliphatic carbocycles. The van der Waals surface area contributed by atoms with Gasteiger partial charge in [-0.15, -0.1) is 11.3 Å². The van der Waals surface area contributed by atoms with Crippen molar-refractivity contribution in [2.45, 2.75) is 24.7 Å². The van der Waals surface area contributed by atoms with Gasteiger partial charge in [-0.05, 0) is 103 Å². The van der Waals surface area contributed by atoms with Crippen molar-refractivity contribution in [3.63, 3.8) is 0 Å². The highest BCUT2D eigenvalue weighted by Crippen LogP contribution is 2.64. The lowest BCUT2D eigenvalue weighted by atomic mass is 9.70. The van der Waals surface area contributed by atoms with E-state index in [4.69, 9.17) is 4.98 Å². The molecule has 0 bridgehead atoms. The van der Waals surface area contributed by atoms with E-state index < -0.39 is 5.41 Å². The van der Waals surface area contributed by atoms with Gasteiger partial charge in [-0.25, -0.2) is 0 Å². The first-order chi connectivity index (χ1) is 26.0. The van der Waals surface area contributed by atoms with Crippen molar-refractivity contribution in [1.29, 1.82) is 0 Å². The zero-order valence-corrected chi connectivity index (χ0v) is 30.3. The molecule has 3 aliphatic rings. The molecule has 248 valence electrons. The molecule has 0 aliphatic heterocycles. The van der Waals surface area contributed by atoms with Gasteiger partial charge in [0.2, 0.25) is 0 Å². The maximum Gasteiger partial charge on any atom is 0.0757 e. The third kappa shape index (κ3) is 3.74. The minimum atomic E-state index is -0.408. The molecule has 0 radical (unpaired) electrons. The van der Waals surface area contributed by atoms with Crippen molar-refractivity contribution < 1.29 is 0 Å². The van der Waals surface area contributed by atoms with Gasteiger partial charge in [0.25, 0.3) is 0 Å². The molecule has 0 saturated heterocycles. The summed E-state index contributed by atoms with van der Waals surface area (Å²) in [7, 11) is 0. The molecule has 12 rings (SSSR count). The Balaban J connectivity index is 1.04. The normalized spacial score (nSPS) is 14.9. The van der Waals surface area contributed by atoms with Gasteiger partial charge in [-0.3, -0.25) is 4.98 Å². The Morgan fingerprint density at radius 3 is 1.74 bits per heavy atom. The van der Waals surface area contributed by atoms with Crippen LogP contribution in [0.4, 0.5) is 0 Å². The van der Waals surface area contributed by atoms with Gasteiger partial charge in [0.15, 0.2) is 0 Å². The zero-order chi connectivity index (χ0) is 35.1. The molecular formula is C51H33NS. The van der Waals surface area contributed by atoms with Crippen LogP contribution in [0.5, 0.6) is 0 Å². The van der Waals surface area contributed by atoms with E-state index in [0.717, 1.165) is 5.69 Å². The lowest BCUT2D eigenvalue weighted by molar-refractivity contribution is 0.637. The Labute approximate surface area is 312 Å². The molecule has 2 heterocycles. The fourth-order valence-electron chi connectivity index (χ4n) is 10.1. The van der Waals surface area contributed by atoms with E-state index in [-0.39, 0.29) is 5.41 Å². The second-order valence-corrected chi connectivity index (χ2v) is 16.5. The third-order valence-corrected chi connectivity index (χ3v) is 13.6. The first-order valence-electron chi connectivity index (χ1n) is 18.5. The number of nitrogens with zero attached hydrogens (tertiary/aromatic N) is 1. The van der Waals surface area contributed by atoms with Crippen LogP contribution in [0.25, 0.3) is 75.9 Å². The largest absolute Gasteiger partial charge is 0.251 e. The lowest BCUT2D eigenvalue weighted by Crippen LogP contribution is -2.26. The van der Waals surface area contributed by atoms with Crippen LogP contribution in [0, 0.1) is 0 Å². The van der Waals surface area contributed by atoms with Crippen LogP contribution >= 0.6 is 11.3 Å². The Hall–Kier alpha value is -6.09. The summed E-state index contributed by atoms with van der Waals surface area (Å²) in [4.78, 5) is 5.71. The van der Waals surface area contributed by atoms with Gasteiger partial charge in [-0.1, -0.05) is 141 Å². The van der Waals surface area contributed by atoms with Crippen molar-refractivity contribution in [3.8, 4) is 55.8 Å². The van der Waals surface area contributed by atoms with E-state index in [1.165, 1.54) is 104 Å². The van der Waals surface area contributed by atoms with Gasteiger partial charge >= 0.3 is 0 Å². The highest BCUT2D eigenvalue weighted by atomic mass is 32.1. The Bertz CT molecular complexity index is 3000. The van der Waals surface area contributed by atoms with Crippen molar-refractivity contribution in [2.24, 2.45) is 0 Å². The molecule has 0 atom stereocenters. The van der Waals surface area contributed by atoms with Crippen LogP contribution in [-0.2, 0) is 10.8 Å². The summed E-state index contributed by atoms with van der Waals surface area (Å²) in [6.45, 7) is 4.69. The van der Waals surface area contributed by atoms with Crippen LogP contribution in [0.1, 0.15) is 47.4 Å². The number of pyridine rings is 1. The fraction of sp³-hybridized carbons (Fsp3) is 0.0784. The van der Waals surface area contributed by atoms with Crippen molar-refractivity contribution in [2.75, 3.05) is 0 Å². The van der Waals surface area contributed by atoms with Crippen LogP contribution in [0.3, 0.4) is 0 Å². The summed E-state index contributed by atoms with van der Waals surface area (Å²) in [6.07, 6.45) is 0. The summed E-state index contributed by atoms with van der Waals surface area (Å²) in [5, 5.41) is 2.66. The van der Waals surface area contributed by atoms with Gasteiger partial charge in [0.1, 0.15) is 0 Å². The van der Waals surface area contributed by atoms with E-state index in [1.807, 2.05) is 11.3 Å². The number of thiophene rings is 1. The Morgan fingerprint density at radius 1 is 0.396 bits per heavy atom. The average molecular weight is 692 g/mol. The van der Waals surface area contributed by atoms with Crippen LogP contribution < -0.4 is 0 Å². The molecule has 2 heteroatoms. The standard InChI is InChI=1S/C51H33NS/c1-50(2)41-24-22-32(30-12-11-13-31(26-30)33-23-25-47-39(28-33)36-16-6-10-21-46(36)53-47)27-38(41)40-29-45-48(52-49(40)50)37-17-5-9-20-44(37)51(45)42-18-7-3-14-34(42)35-15-4-8-19-43(35)51/h3-29H,1-2H3. The van der Waals surface area contributed by atoms with E-state index in [2.05, 4.69) is 178 Å². The maximum atomic E-state index is 5.71. The molecular weight excluding hydrogens is 659 g/mol. The molecule has 7 aromatic carbocycles. The summed E-state index contributed by atoms with van der Waals surface area (Å²) in [5.41, 5.74) is 19.7. The summed E-state index contributed by atoms with van der Waals surface area (Å²) >= 11 is 1.87. The molecule has 9 aromatic rings. The van der Waals surface area contributed by atoms with Crippen LogP contribution in [0.15, 0.2) is 164 Å². The zero-order valence-electron chi connectivity index (χ0n) is 29.4. The number of rotatable bonds is 2. The van der Waals surface area contributed by atoms with Gasteiger partial charge in [0.05, 0.1) is 16.8 Å². The minimum Gasteiger partial charge on any atom is -0.251 e. The molecule has 0 unspecified atom stereocenters. The first-order valence-corrected chi connectivity index (χ1v) is 19.4. The molecule has 1 spiro atoms. The van der Waals surface area contributed by atoms with E-state index in [9.17, 15) is 0 Å². The molecule has 0 N–H and O–H groups in total. The Morgan fingerprint density at radius 2 is 0.981 bits per heavy atom. The third-order valence-electron chi connectivity index (χ3n) is 12.4. The quantitative estimate of drug-likeness (QED) is 0.176. The molecule has 0 amide bonds. The first kappa shape index (κ1) is 29.5. The maximum absolute atomic E-state index is 5.71. The van der Waals surface area contributed by atoms with Gasteiger partial charge in [-0.2, -0.15) is 0 Å². The van der Waals surface area contributed by atoms with E-state index >= 15 is 0 Å². The molecule has 0 fully saturated rings. The smallest absolute Gasteiger partial charge is 0.0757 e. The van der Waals surface area contributed by atoms with E-state index in [0.29, 0.717) is 0 Å². The number of fused-ring (bicyclic) bond motifs is 16. The van der Waals surface area contributed by atoms with Crippen molar-refractivity contribution >= 4 is 31.5 Å². The average Bonchev–Trinajstić information content (AvgIpc) is 3.89. The van der Waals surface area contributed by atoms with E-state index in [1.54, 1.807) is 0 Å². The van der Waals surface area contributed by atoms with Crippen molar-refractivity contribution in [1.82, 2.24) is 4.98 Å². The monoisotopic (exact) mass is 691 g/mol. The summed E-state index contributed by atoms with van der Waals surface area (Å²) in [5.74, 6) is 0. The number of hydrogen-bond donors (Lipinski definition) is 0. The second-order valence-electron chi connectivity index (χ2n) is 15.4. The predicted octanol–water partition coefficient (Wildman–Crippen LogP) is 13.4. The fourth-order valence-corrected chi connectivity index (χ4v) is 11.2. The number of aromatic nitrogens is 1. The predicted molar refractivity (Wildman–Crippen MR) is 222 cm³/mol. The molecule has 53 heavy (non-hydrogen) atoms. The minimum absolute atomic E-state index is 0.227. The SMILES string of the molecule is CC1(C)c2ccc(-c3cccc(-c4ccc5sc6ccccc6c5c4)c3)cc2-c2cc3c(nc21)-c1ccccc1C31c2ccccc2-c2ccccc21. The highest BCUT2D eigenvalue weighted by Gasteiger charge is 2.53. The van der Waals surface area contributed by atoms with Crippen LogP contribution in [0.2, 0.25) is 0 Å². The second kappa shape index (κ2) is 10.3.